The third-order valence-electron chi connectivity index (χ3n) is 1.01. The molecule has 0 spiro atoms. The molecule has 0 aromatic carbocycles. The van der Waals surface area contributed by atoms with Crippen molar-refractivity contribution in [2.45, 2.75) is 0 Å². The molecule has 0 atom stereocenters. The predicted octanol–water partition coefficient (Wildman–Crippen LogP) is -0.749. The predicted molar refractivity (Wildman–Crippen MR) is 35.5 cm³/mol. The Morgan fingerprint density at radius 3 is 3.00 bits per heavy atom. The Kier molecular flexibility index (Phi) is 1.88. The van der Waals surface area contributed by atoms with Gasteiger partial charge in [-0.25, -0.2) is 9.48 Å². The summed E-state index contributed by atoms with van der Waals surface area (Å²) >= 11 is 0. The Labute approximate surface area is 62.6 Å². The fourth-order valence-corrected chi connectivity index (χ4v) is 0.520. The maximum Gasteiger partial charge on any atom is 0.382 e. The zero-order valence-corrected chi connectivity index (χ0v) is 5.77. The van der Waals surface area contributed by atoms with Gasteiger partial charge in [0.05, 0.1) is 6.20 Å². The van der Waals surface area contributed by atoms with Gasteiger partial charge in [-0.1, -0.05) is 5.21 Å². The fourth-order valence-electron chi connectivity index (χ4n) is 0.520. The summed E-state index contributed by atoms with van der Waals surface area (Å²) in [5.41, 5.74) is 0.479. The minimum atomic E-state index is -1.16. The number of carbonyl (C=O) groups is 1. The van der Waals surface area contributed by atoms with Gasteiger partial charge in [0.15, 0.2) is 0 Å². The van der Waals surface area contributed by atoms with Crippen LogP contribution in [-0.2, 0) is 11.8 Å². The lowest BCUT2D eigenvalue weighted by Gasteiger charge is -1.85. The summed E-state index contributed by atoms with van der Waals surface area (Å²) in [4.78, 5) is 9.98. The van der Waals surface area contributed by atoms with Crippen LogP contribution in [0.25, 0.3) is 0 Å². The Morgan fingerprint density at radius 2 is 2.55 bits per heavy atom. The van der Waals surface area contributed by atoms with Crippen LogP contribution in [0, 0.1) is 11.8 Å². The molecule has 0 aliphatic heterocycles. The van der Waals surface area contributed by atoms with E-state index in [2.05, 4.69) is 16.2 Å². The van der Waals surface area contributed by atoms with E-state index in [4.69, 9.17) is 5.11 Å². The van der Waals surface area contributed by atoms with E-state index in [9.17, 15) is 4.79 Å². The second kappa shape index (κ2) is 2.84. The highest BCUT2D eigenvalue weighted by atomic mass is 16.4. The van der Waals surface area contributed by atoms with Crippen molar-refractivity contribution in [2.75, 3.05) is 0 Å². The van der Waals surface area contributed by atoms with Crippen LogP contribution in [0.2, 0.25) is 0 Å². The molecule has 11 heavy (non-hydrogen) atoms. The lowest BCUT2D eigenvalue weighted by Crippen LogP contribution is -1.94. The molecule has 0 aliphatic carbocycles. The topological polar surface area (TPSA) is 68.0 Å². The number of hydrogen-bond acceptors (Lipinski definition) is 3. The van der Waals surface area contributed by atoms with Gasteiger partial charge < -0.3 is 5.11 Å². The summed E-state index contributed by atoms with van der Waals surface area (Å²) in [5, 5.41) is 15.3. The van der Waals surface area contributed by atoms with Crippen LogP contribution in [0.15, 0.2) is 6.20 Å². The number of aliphatic carboxylic acids is 1. The van der Waals surface area contributed by atoms with Crippen LogP contribution >= 0.6 is 0 Å². The maximum atomic E-state index is 9.98. The first-order valence-corrected chi connectivity index (χ1v) is 2.80. The molecule has 5 heteroatoms. The number of nitrogens with zero attached hydrogens (tertiary/aromatic N) is 3. The minimum Gasteiger partial charge on any atom is -0.472 e. The summed E-state index contributed by atoms with van der Waals surface area (Å²) in [6.45, 7) is 0. The molecule has 1 heterocycles. The summed E-state index contributed by atoms with van der Waals surface area (Å²) in [7, 11) is 1.64. The summed E-state index contributed by atoms with van der Waals surface area (Å²) in [5.74, 6) is 3.17. The number of aromatic nitrogens is 3. The van der Waals surface area contributed by atoms with Crippen LogP contribution in [0.5, 0.6) is 0 Å². The molecule has 0 saturated heterocycles. The number of rotatable bonds is 0. The van der Waals surface area contributed by atoms with Crippen molar-refractivity contribution >= 4 is 5.97 Å². The molecule has 5 nitrogen and oxygen atoms in total. The first-order chi connectivity index (χ1) is 5.20. The van der Waals surface area contributed by atoms with E-state index in [1.165, 1.54) is 10.9 Å². The smallest absolute Gasteiger partial charge is 0.382 e. The van der Waals surface area contributed by atoms with Gasteiger partial charge >= 0.3 is 5.97 Å². The van der Waals surface area contributed by atoms with Gasteiger partial charge in [-0.3, -0.25) is 0 Å². The lowest BCUT2D eigenvalue weighted by molar-refractivity contribution is -0.130. The normalized spacial score (nSPS) is 8.45. The molecule has 0 fully saturated rings. The second-order valence-corrected chi connectivity index (χ2v) is 1.80. The van der Waals surface area contributed by atoms with Crippen LogP contribution in [0.4, 0.5) is 0 Å². The van der Waals surface area contributed by atoms with E-state index in [1.807, 2.05) is 5.92 Å². The van der Waals surface area contributed by atoms with Crippen molar-refractivity contribution in [3.63, 3.8) is 0 Å². The molecule has 0 bridgehead atoms. The van der Waals surface area contributed by atoms with Gasteiger partial charge in [0.25, 0.3) is 0 Å². The average Bonchev–Trinajstić information content (AvgIpc) is 2.31. The van der Waals surface area contributed by atoms with Crippen LogP contribution in [-0.4, -0.2) is 26.1 Å². The maximum absolute atomic E-state index is 9.98. The van der Waals surface area contributed by atoms with E-state index in [-0.39, 0.29) is 0 Å². The van der Waals surface area contributed by atoms with E-state index in [1.54, 1.807) is 7.05 Å². The van der Waals surface area contributed by atoms with E-state index in [0.717, 1.165) is 0 Å². The highest BCUT2D eigenvalue weighted by Crippen LogP contribution is 1.87. The molecular weight excluding hydrogens is 146 g/mol. The second-order valence-electron chi connectivity index (χ2n) is 1.80. The summed E-state index contributed by atoms with van der Waals surface area (Å²) < 4.78 is 1.40. The monoisotopic (exact) mass is 151 g/mol. The molecule has 56 valence electrons. The number of hydrogen-bond donors (Lipinski definition) is 1. The third-order valence-corrected chi connectivity index (χ3v) is 1.01. The van der Waals surface area contributed by atoms with E-state index in [0.29, 0.717) is 5.69 Å². The molecule has 1 rings (SSSR count). The lowest BCUT2D eigenvalue weighted by atomic mass is 10.4. The molecule has 1 aromatic heterocycles. The van der Waals surface area contributed by atoms with E-state index < -0.39 is 5.97 Å². The van der Waals surface area contributed by atoms with Crippen molar-refractivity contribution in [3.8, 4) is 11.8 Å². The Bertz CT molecular complexity index is 331. The van der Waals surface area contributed by atoms with Gasteiger partial charge in [-0.15, -0.1) is 5.10 Å². The highest BCUT2D eigenvalue weighted by molar-refractivity contribution is 5.87. The average molecular weight is 151 g/mol. The Balaban J connectivity index is 2.90. The molecule has 0 amide bonds. The number of carboxylic acid groups (broad SMARTS) is 1. The van der Waals surface area contributed by atoms with Crippen molar-refractivity contribution in [2.24, 2.45) is 7.05 Å². The highest BCUT2D eigenvalue weighted by Gasteiger charge is 1.93. The zero-order chi connectivity index (χ0) is 8.27. The minimum absolute atomic E-state index is 0.479. The molecule has 0 aliphatic rings. The summed E-state index contributed by atoms with van der Waals surface area (Å²) in [6, 6.07) is 0. The van der Waals surface area contributed by atoms with Crippen molar-refractivity contribution in [1.29, 1.82) is 0 Å². The standard InChI is InChI=1S/C6H5N3O2/c1-9-5(4-7-8-9)2-3-6(10)11/h4H,1H3,(H,10,11). The van der Waals surface area contributed by atoms with Gasteiger partial charge in [0.1, 0.15) is 5.69 Å². The van der Waals surface area contributed by atoms with Gasteiger partial charge in [-0.05, 0) is 5.92 Å². The summed E-state index contributed by atoms with van der Waals surface area (Å²) in [6.07, 6.45) is 1.40. The molecule has 0 radical (unpaired) electrons. The first-order valence-electron chi connectivity index (χ1n) is 2.80. The van der Waals surface area contributed by atoms with Gasteiger partial charge in [-0.2, -0.15) is 0 Å². The van der Waals surface area contributed by atoms with Crippen LogP contribution < -0.4 is 0 Å². The van der Waals surface area contributed by atoms with Gasteiger partial charge in [0, 0.05) is 13.0 Å². The molecular formula is C6H5N3O2. The SMILES string of the molecule is Cn1nncc1C#CC(=O)O. The molecule has 0 saturated carbocycles. The van der Waals surface area contributed by atoms with E-state index >= 15 is 0 Å². The third kappa shape index (κ3) is 1.79. The fraction of sp³-hybridized carbons (Fsp3) is 0.167. The van der Waals surface area contributed by atoms with Crippen LogP contribution in [0.1, 0.15) is 5.69 Å². The first kappa shape index (κ1) is 7.28. The van der Waals surface area contributed by atoms with Gasteiger partial charge in [0.2, 0.25) is 0 Å². The Morgan fingerprint density at radius 1 is 1.82 bits per heavy atom. The van der Waals surface area contributed by atoms with Crippen molar-refractivity contribution in [1.82, 2.24) is 15.0 Å². The van der Waals surface area contributed by atoms with Crippen molar-refractivity contribution in [3.05, 3.63) is 11.9 Å². The largest absolute Gasteiger partial charge is 0.472 e. The Hall–Kier alpha value is -1.83. The number of carboxylic acids is 1. The molecule has 1 aromatic rings. The number of aryl methyl sites for hydroxylation is 1. The molecule has 0 unspecified atom stereocenters. The van der Waals surface area contributed by atoms with Crippen molar-refractivity contribution < 1.29 is 9.90 Å². The zero-order valence-electron chi connectivity index (χ0n) is 5.77. The quantitative estimate of drug-likeness (QED) is 0.495. The van der Waals surface area contributed by atoms with Crippen LogP contribution in [0.3, 0.4) is 0 Å². The molecule has 1 N–H and O–H groups in total.